The molecular weight excluding hydrogens is 428 g/mol. The van der Waals surface area contributed by atoms with Gasteiger partial charge in [0.25, 0.3) is 0 Å². The van der Waals surface area contributed by atoms with Crippen molar-refractivity contribution in [3.63, 3.8) is 0 Å². The van der Waals surface area contributed by atoms with Crippen molar-refractivity contribution in [3.05, 3.63) is 58.2 Å². The van der Waals surface area contributed by atoms with Crippen molar-refractivity contribution in [2.45, 2.75) is 27.2 Å². The second-order valence-electron chi connectivity index (χ2n) is 7.63. The lowest BCUT2D eigenvalue weighted by molar-refractivity contribution is -0.118. The lowest BCUT2D eigenvalue weighted by Crippen LogP contribution is -2.37. The number of anilines is 1. The van der Waals surface area contributed by atoms with Crippen LogP contribution in [0.1, 0.15) is 22.3 Å². The van der Waals surface area contributed by atoms with Gasteiger partial charge in [0.2, 0.25) is 5.91 Å². The first-order valence-electron chi connectivity index (χ1n) is 9.43. The Morgan fingerprint density at radius 3 is 2.27 bits per heavy atom. The molecule has 0 saturated carbocycles. The number of amides is 1. The fraction of sp³-hybridized carbons (Fsp3) is 0.364. The minimum absolute atomic E-state index is 0. The fourth-order valence-corrected chi connectivity index (χ4v) is 4.47. The number of likely N-dealkylation sites (N-methyl/N-ethyl adjacent to an activating group) is 1. The van der Waals surface area contributed by atoms with Gasteiger partial charge in [0, 0.05) is 19.2 Å². The number of halogens is 3. The summed E-state index contributed by atoms with van der Waals surface area (Å²) in [4.78, 5) is 21.1. The van der Waals surface area contributed by atoms with Crippen molar-refractivity contribution in [2.24, 2.45) is 0 Å². The van der Waals surface area contributed by atoms with Gasteiger partial charge < -0.3 is 4.90 Å². The molecule has 0 spiro atoms. The summed E-state index contributed by atoms with van der Waals surface area (Å²) >= 11 is 1.13. The number of fused-ring (bicyclic) bond motifs is 1. The van der Waals surface area contributed by atoms with E-state index in [1.165, 1.54) is 6.07 Å². The van der Waals surface area contributed by atoms with Crippen molar-refractivity contribution in [1.82, 2.24) is 9.88 Å². The lowest BCUT2D eigenvalue weighted by atomic mass is 9.97. The van der Waals surface area contributed by atoms with Crippen molar-refractivity contribution >= 4 is 45.0 Å². The van der Waals surface area contributed by atoms with Gasteiger partial charge >= 0.3 is 0 Å². The van der Waals surface area contributed by atoms with Crippen LogP contribution in [-0.4, -0.2) is 43.0 Å². The summed E-state index contributed by atoms with van der Waals surface area (Å²) in [5.74, 6) is -1.48. The van der Waals surface area contributed by atoms with E-state index in [2.05, 4.69) is 17.1 Å². The van der Waals surface area contributed by atoms with E-state index in [0.717, 1.165) is 39.7 Å². The zero-order valence-corrected chi connectivity index (χ0v) is 19.4. The molecule has 4 nitrogen and oxygen atoms in total. The van der Waals surface area contributed by atoms with Crippen LogP contribution in [0.3, 0.4) is 0 Å². The number of carbonyl (C=O) groups is 1. The van der Waals surface area contributed by atoms with E-state index in [-0.39, 0.29) is 30.3 Å². The van der Waals surface area contributed by atoms with Crippen LogP contribution in [0.4, 0.5) is 13.9 Å². The van der Waals surface area contributed by atoms with Gasteiger partial charge in [0.15, 0.2) is 10.9 Å². The molecule has 0 N–H and O–H groups in total. The average Bonchev–Trinajstić information content (AvgIpc) is 3.01. The summed E-state index contributed by atoms with van der Waals surface area (Å²) in [7, 11) is 3.84. The van der Waals surface area contributed by atoms with E-state index in [1.54, 1.807) is 4.90 Å². The molecule has 0 fully saturated rings. The molecule has 1 amide bonds. The Kier molecular flexibility index (Phi) is 7.91. The molecule has 30 heavy (non-hydrogen) atoms. The van der Waals surface area contributed by atoms with E-state index >= 15 is 0 Å². The molecule has 0 aliphatic carbocycles. The third-order valence-electron chi connectivity index (χ3n) is 4.87. The first-order valence-corrected chi connectivity index (χ1v) is 10.2. The van der Waals surface area contributed by atoms with Gasteiger partial charge in [-0.1, -0.05) is 29.0 Å². The SMILES string of the molecule is Cc1cc(C)c(CC(=O)N(CCN(C)C)c2nc3c(F)cc(F)cc3s2)c(C)c1.Cl. The maximum absolute atomic E-state index is 14.1. The van der Waals surface area contributed by atoms with Crippen LogP contribution in [0, 0.1) is 32.4 Å². The number of nitrogens with zero attached hydrogens (tertiary/aromatic N) is 3. The Labute approximate surface area is 185 Å². The van der Waals surface area contributed by atoms with Crippen LogP contribution in [0.15, 0.2) is 24.3 Å². The van der Waals surface area contributed by atoms with E-state index in [0.29, 0.717) is 22.9 Å². The molecule has 2 aromatic carbocycles. The summed E-state index contributed by atoms with van der Waals surface area (Å²) in [6, 6.07) is 6.20. The number of hydrogen-bond acceptors (Lipinski definition) is 4. The molecular formula is C22H26ClF2N3OS. The van der Waals surface area contributed by atoms with Crippen molar-refractivity contribution in [2.75, 3.05) is 32.1 Å². The van der Waals surface area contributed by atoms with Gasteiger partial charge in [-0.15, -0.1) is 12.4 Å². The van der Waals surface area contributed by atoms with Gasteiger partial charge in [-0.25, -0.2) is 13.8 Å². The number of hydrogen-bond donors (Lipinski definition) is 0. The largest absolute Gasteiger partial charge is 0.308 e. The third kappa shape index (κ3) is 5.33. The van der Waals surface area contributed by atoms with E-state index < -0.39 is 11.6 Å². The number of benzene rings is 2. The van der Waals surface area contributed by atoms with Crippen LogP contribution in [0.2, 0.25) is 0 Å². The predicted octanol–water partition coefficient (Wildman–Crippen LogP) is 5.06. The molecule has 0 aliphatic rings. The van der Waals surface area contributed by atoms with Gasteiger partial charge in [-0.3, -0.25) is 9.69 Å². The first-order chi connectivity index (χ1) is 13.7. The molecule has 0 unspecified atom stereocenters. The standard InChI is InChI=1S/C22H25F2N3OS.ClH/c1-13-8-14(2)17(15(3)9-13)12-20(28)27(7-6-26(4)5)22-25-21-18(24)10-16(23)11-19(21)29-22;/h8-11H,6-7,12H2,1-5H3;1H. The van der Waals surface area contributed by atoms with E-state index in [9.17, 15) is 13.6 Å². The first kappa shape index (κ1) is 24.2. The van der Waals surface area contributed by atoms with Gasteiger partial charge in [0.05, 0.1) is 11.1 Å². The second-order valence-corrected chi connectivity index (χ2v) is 8.64. The highest BCUT2D eigenvalue weighted by Gasteiger charge is 2.22. The summed E-state index contributed by atoms with van der Waals surface area (Å²) in [6.45, 7) is 7.08. The minimum Gasteiger partial charge on any atom is -0.308 e. The number of aromatic nitrogens is 1. The average molecular weight is 454 g/mol. The number of rotatable bonds is 6. The molecule has 0 saturated heterocycles. The maximum Gasteiger partial charge on any atom is 0.233 e. The van der Waals surface area contributed by atoms with Crippen molar-refractivity contribution in [1.29, 1.82) is 0 Å². The van der Waals surface area contributed by atoms with Crippen LogP contribution in [0.25, 0.3) is 10.2 Å². The predicted molar refractivity (Wildman–Crippen MR) is 122 cm³/mol. The minimum atomic E-state index is -0.715. The second kappa shape index (κ2) is 9.81. The highest BCUT2D eigenvalue weighted by atomic mass is 35.5. The molecule has 8 heteroatoms. The Hall–Kier alpha value is -2.09. The van der Waals surface area contributed by atoms with E-state index in [4.69, 9.17) is 0 Å². The van der Waals surface area contributed by atoms with Gasteiger partial charge in [-0.05, 0) is 57.6 Å². The number of aryl methyl sites for hydroxylation is 3. The Balaban J connectivity index is 0.00000320. The van der Waals surface area contributed by atoms with Gasteiger partial charge in [-0.2, -0.15) is 0 Å². The molecule has 3 rings (SSSR count). The summed E-state index contributed by atoms with van der Waals surface area (Å²) in [5, 5.41) is 0.388. The van der Waals surface area contributed by atoms with Crippen molar-refractivity contribution < 1.29 is 13.6 Å². The summed E-state index contributed by atoms with van der Waals surface area (Å²) in [5.41, 5.74) is 4.39. The molecule has 162 valence electrons. The van der Waals surface area contributed by atoms with Crippen molar-refractivity contribution in [3.8, 4) is 0 Å². The topological polar surface area (TPSA) is 36.4 Å². The number of carbonyl (C=O) groups excluding carboxylic acids is 1. The Bertz CT molecular complexity index is 1040. The molecule has 1 heterocycles. The normalized spacial score (nSPS) is 11.1. The van der Waals surface area contributed by atoms with E-state index in [1.807, 2.05) is 39.8 Å². The fourth-order valence-electron chi connectivity index (χ4n) is 3.42. The number of thiazole rings is 1. The molecule has 0 bridgehead atoms. The Morgan fingerprint density at radius 2 is 1.67 bits per heavy atom. The molecule has 1 aromatic heterocycles. The summed E-state index contributed by atoms with van der Waals surface area (Å²) in [6.07, 6.45) is 0.234. The van der Waals surface area contributed by atoms with Gasteiger partial charge in [0.1, 0.15) is 11.3 Å². The zero-order valence-electron chi connectivity index (χ0n) is 17.8. The molecule has 3 aromatic rings. The van der Waals surface area contributed by atoms with Crippen LogP contribution in [0.5, 0.6) is 0 Å². The lowest BCUT2D eigenvalue weighted by Gasteiger charge is -2.23. The van der Waals surface area contributed by atoms with Crippen LogP contribution < -0.4 is 4.90 Å². The third-order valence-corrected chi connectivity index (χ3v) is 5.90. The highest BCUT2D eigenvalue weighted by Crippen LogP contribution is 2.31. The molecule has 0 radical (unpaired) electrons. The Morgan fingerprint density at radius 1 is 1.03 bits per heavy atom. The molecule has 0 atom stereocenters. The summed E-state index contributed by atoms with van der Waals surface area (Å²) < 4.78 is 28.1. The monoisotopic (exact) mass is 453 g/mol. The smallest absolute Gasteiger partial charge is 0.233 e. The van der Waals surface area contributed by atoms with Crippen LogP contribution in [-0.2, 0) is 11.2 Å². The molecule has 0 aliphatic heterocycles. The highest BCUT2D eigenvalue weighted by molar-refractivity contribution is 7.22. The zero-order chi connectivity index (χ0) is 21.3. The maximum atomic E-state index is 14.1. The van der Waals surface area contributed by atoms with Crippen LogP contribution >= 0.6 is 23.7 Å². The quantitative estimate of drug-likeness (QED) is 0.523.